The minimum Gasteiger partial charge on any atom is -0.319 e. The second-order valence-corrected chi connectivity index (χ2v) is 7.25. The zero-order valence-corrected chi connectivity index (χ0v) is 14.7. The molecule has 112 valence electrons. The Balaban J connectivity index is 1.97. The number of rotatable bonds is 2. The Labute approximate surface area is 148 Å². The van der Waals surface area contributed by atoms with Crippen LogP contribution >= 0.6 is 50.5 Å². The number of carbonyl (C=O) groups excluding carboxylic acids is 1. The second-order valence-electron chi connectivity index (χ2n) is 4.46. The fourth-order valence-corrected chi connectivity index (χ4v) is 3.98. The van der Waals surface area contributed by atoms with Gasteiger partial charge in [-0.15, -0.1) is 11.3 Å². The molecule has 2 aromatic carbocycles. The molecule has 3 aromatic rings. The summed E-state index contributed by atoms with van der Waals surface area (Å²) >= 11 is 16.6. The van der Waals surface area contributed by atoms with Crippen LogP contribution in [0, 0.1) is 5.82 Å². The molecular weight excluding hydrogens is 412 g/mol. The summed E-state index contributed by atoms with van der Waals surface area (Å²) in [5.74, 6) is -0.980. The van der Waals surface area contributed by atoms with Gasteiger partial charge in [-0.25, -0.2) is 4.39 Å². The lowest BCUT2D eigenvalue weighted by Crippen LogP contribution is -2.11. The first-order chi connectivity index (χ1) is 10.5. The number of carbonyl (C=O) groups is 1. The van der Waals surface area contributed by atoms with Gasteiger partial charge in [-0.3, -0.25) is 4.79 Å². The van der Waals surface area contributed by atoms with Gasteiger partial charge in [0.15, 0.2) is 0 Å². The molecule has 2 nitrogen and oxygen atoms in total. The Hall–Kier alpha value is -1.14. The van der Waals surface area contributed by atoms with E-state index in [-0.39, 0.29) is 5.69 Å². The highest BCUT2D eigenvalue weighted by molar-refractivity contribution is 9.10. The molecule has 1 amide bonds. The maximum atomic E-state index is 13.8. The number of benzene rings is 2. The van der Waals surface area contributed by atoms with Gasteiger partial charge in [0.1, 0.15) is 10.7 Å². The maximum absolute atomic E-state index is 13.8. The standard InChI is InChI=1S/C15H7BrCl2FNOS/c16-7-1-4-11(10(19)5-7)20-15(21)14-13(18)9-3-2-8(17)6-12(9)22-14/h1-6H,(H,20,21). The van der Waals surface area contributed by atoms with Crippen LogP contribution in [0.2, 0.25) is 10.0 Å². The highest BCUT2D eigenvalue weighted by Crippen LogP contribution is 2.37. The van der Waals surface area contributed by atoms with Gasteiger partial charge >= 0.3 is 0 Å². The Morgan fingerprint density at radius 2 is 1.95 bits per heavy atom. The predicted octanol–water partition coefficient (Wildman–Crippen LogP) is 6.36. The average Bonchev–Trinajstić information content (AvgIpc) is 2.78. The first-order valence-electron chi connectivity index (χ1n) is 6.09. The van der Waals surface area contributed by atoms with E-state index in [0.717, 1.165) is 10.1 Å². The zero-order chi connectivity index (χ0) is 15.9. The van der Waals surface area contributed by atoms with Gasteiger partial charge in [0.2, 0.25) is 0 Å². The number of anilines is 1. The summed E-state index contributed by atoms with van der Waals surface area (Å²) in [5, 5.41) is 4.18. The van der Waals surface area contributed by atoms with Crippen molar-refractivity contribution in [2.45, 2.75) is 0 Å². The summed E-state index contributed by atoms with van der Waals surface area (Å²) in [7, 11) is 0. The van der Waals surface area contributed by atoms with Crippen molar-refractivity contribution in [3.05, 3.63) is 61.6 Å². The summed E-state index contributed by atoms with van der Waals surface area (Å²) in [5.41, 5.74) is 0.0970. The Morgan fingerprint density at radius 1 is 1.18 bits per heavy atom. The van der Waals surface area contributed by atoms with Gasteiger partial charge in [0.25, 0.3) is 5.91 Å². The van der Waals surface area contributed by atoms with Crippen LogP contribution in [-0.2, 0) is 0 Å². The van der Waals surface area contributed by atoms with E-state index in [9.17, 15) is 9.18 Å². The third-order valence-corrected chi connectivity index (χ3v) is 5.36. The smallest absolute Gasteiger partial charge is 0.267 e. The molecule has 0 saturated heterocycles. The molecule has 0 saturated carbocycles. The maximum Gasteiger partial charge on any atom is 0.267 e. The summed E-state index contributed by atoms with van der Waals surface area (Å²) in [4.78, 5) is 12.7. The molecule has 0 aliphatic heterocycles. The van der Waals surface area contributed by atoms with Crippen molar-refractivity contribution >= 4 is 72.1 Å². The van der Waals surface area contributed by atoms with Crippen molar-refractivity contribution < 1.29 is 9.18 Å². The number of hydrogen-bond acceptors (Lipinski definition) is 2. The highest BCUT2D eigenvalue weighted by atomic mass is 79.9. The largest absolute Gasteiger partial charge is 0.319 e. The summed E-state index contributed by atoms with van der Waals surface area (Å²) < 4.78 is 15.2. The fraction of sp³-hybridized carbons (Fsp3) is 0. The predicted molar refractivity (Wildman–Crippen MR) is 93.9 cm³/mol. The Bertz CT molecular complexity index is 897. The molecule has 0 atom stereocenters. The number of nitrogens with one attached hydrogen (secondary N) is 1. The van der Waals surface area contributed by atoms with E-state index in [1.807, 2.05) is 0 Å². The van der Waals surface area contributed by atoms with Crippen molar-refractivity contribution in [1.29, 1.82) is 0 Å². The van der Waals surface area contributed by atoms with Crippen LogP contribution in [0.1, 0.15) is 9.67 Å². The second kappa shape index (κ2) is 6.16. The van der Waals surface area contributed by atoms with Crippen LogP contribution in [0.15, 0.2) is 40.9 Å². The van der Waals surface area contributed by atoms with Crippen LogP contribution in [0.3, 0.4) is 0 Å². The van der Waals surface area contributed by atoms with E-state index in [2.05, 4.69) is 21.2 Å². The van der Waals surface area contributed by atoms with E-state index in [4.69, 9.17) is 23.2 Å². The molecule has 0 spiro atoms. The molecule has 0 unspecified atom stereocenters. The summed E-state index contributed by atoms with van der Waals surface area (Å²) in [6, 6.07) is 9.61. The van der Waals surface area contributed by atoms with Gasteiger partial charge in [0.05, 0.1) is 10.7 Å². The van der Waals surface area contributed by atoms with Crippen molar-refractivity contribution in [2.24, 2.45) is 0 Å². The van der Waals surface area contributed by atoms with Crippen molar-refractivity contribution in [3.8, 4) is 0 Å². The number of amides is 1. The van der Waals surface area contributed by atoms with Gasteiger partial charge in [0, 0.05) is 19.6 Å². The number of fused-ring (bicyclic) bond motifs is 1. The Morgan fingerprint density at radius 3 is 2.68 bits per heavy atom. The average molecular weight is 419 g/mol. The minimum atomic E-state index is -0.525. The minimum absolute atomic E-state index is 0.0970. The van der Waals surface area contributed by atoms with Crippen LogP contribution in [-0.4, -0.2) is 5.91 Å². The van der Waals surface area contributed by atoms with Gasteiger partial charge < -0.3 is 5.32 Å². The van der Waals surface area contributed by atoms with Crippen molar-refractivity contribution in [3.63, 3.8) is 0 Å². The molecule has 0 bridgehead atoms. The molecule has 0 fully saturated rings. The first-order valence-corrected chi connectivity index (χ1v) is 8.46. The van der Waals surface area contributed by atoms with Crippen molar-refractivity contribution in [2.75, 3.05) is 5.32 Å². The van der Waals surface area contributed by atoms with Gasteiger partial charge in [-0.1, -0.05) is 45.2 Å². The van der Waals surface area contributed by atoms with E-state index >= 15 is 0 Å². The summed E-state index contributed by atoms with van der Waals surface area (Å²) in [6.07, 6.45) is 0. The lowest BCUT2D eigenvalue weighted by molar-refractivity contribution is 0.103. The molecule has 22 heavy (non-hydrogen) atoms. The molecule has 1 heterocycles. The van der Waals surface area contributed by atoms with E-state index < -0.39 is 11.7 Å². The number of hydrogen-bond donors (Lipinski definition) is 1. The quantitative estimate of drug-likeness (QED) is 0.515. The number of halogens is 4. The lowest BCUT2D eigenvalue weighted by Gasteiger charge is -2.05. The van der Waals surface area contributed by atoms with Crippen LogP contribution in [0.25, 0.3) is 10.1 Å². The monoisotopic (exact) mass is 417 g/mol. The molecule has 1 N–H and O–H groups in total. The molecule has 7 heteroatoms. The van der Waals surface area contributed by atoms with Gasteiger partial charge in [-0.05, 0) is 30.3 Å². The summed E-state index contributed by atoms with van der Waals surface area (Å²) in [6.45, 7) is 0. The normalized spacial score (nSPS) is 10.9. The SMILES string of the molecule is O=C(Nc1ccc(Br)cc1F)c1sc2cc(Cl)ccc2c1Cl. The third-order valence-electron chi connectivity index (χ3n) is 2.98. The first kappa shape index (κ1) is 15.7. The zero-order valence-electron chi connectivity index (χ0n) is 10.8. The van der Waals surface area contributed by atoms with Crippen LogP contribution in [0.5, 0.6) is 0 Å². The molecule has 0 radical (unpaired) electrons. The highest BCUT2D eigenvalue weighted by Gasteiger charge is 2.18. The van der Waals surface area contributed by atoms with E-state index in [0.29, 0.717) is 19.4 Å². The topological polar surface area (TPSA) is 29.1 Å². The molecule has 1 aromatic heterocycles. The van der Waals surface area contributed by atoms with E-state index in [1.54, 1.807) is 24.3 Å². The van der Waals surface area contributed by atoms with Crippen LogP contribution in [0.4, 0.5) is 10.1 Å². The molecule has 0 aliphatic rings. The molecular formula is C15H7BrCl2FNOS. The Kier molecular flexibility index (Phi) is 4.41. The molecule has 3 rings (SSSR count). The lowest BCUT2D eigenvalue weighted by atomic mass is 10.2. The molecule has 0 aliphatic carbocycles. The van der Waals surface area contributed by atoms with E-state index in [1.165, 1.54) is 23.5 Å². The van der Waals surface area contributed by atoms with Gasteiger partial charge in [-0.2, -0.15) is 0 Å². The third kappa shape index (κ3) is 2.99. The number of thiophene rings is 1. The fourth-order valence-electron chi connectivity index (χ4n) is 1.95. The van der Waals surface area contributed by atoms with Crippen LogP contribution < -0.4 is 5.32 Å². The van der Waals surface area contributed by atoms with Crippen molar-refractivity contribution in [1.82, 2.24) is 0 Å².